The Morgan fingerprint density at radius 1 is 1.20 bits per heavy atom. The molecule has 3 heterocycles. The number of aromatic hydroxyl groups is 1. The molecule has 0 amide bonds. The lowest BCUT2D eigenvalue weighted by molar-refractivity contribution is -0.163. The Morgan fingerprint density at radius 3 is 2.80 bits per heavy atom. The molecule has 0 spiro atoms. The number of phenols is 1. The van der Waals surface area contributed by atoms with E-state index >= 15 is 0 Å². The van der Waals surface area contributed by atoms with Gasteiger partial charge in [-0.3, -0.25) is 4.90 Å². The third-order valence-electron chi connectivity index (χ3n) is 6.99. The van der Waals surface area contributed by atoms with Crippen LogP contribution in [0.4, 0.5) is 0 Å². The van der Waals surface area contributed by atoms with Crippen LogP contribution in [0.3, 0.4) is 0 Å². The highest BCUT2D eigenvalue weighted by Gasteiger charge is 2.53. The van der Waals surface area contributed by atoms with Crippen molar-refractivity contribution in [3.8, 4) is 11.5 Å². The Hall–Kier alpha value is -2.57. The predicted octanol–water partition coefficient (Wildman–Crippen LogP) is 3.98. The van der Waals surface area contributed by atoms with Crippen LogP contribution in [0.1, 0.15) is 54.3 Å². The van der Waals surface area contributed by atoms with Crippen molar-refractivity contribution >= 4 is 5.97 Å². The van der Waals surface area contributed by atoms with E-state index in [1.54, 1.807) is 18.2 Å². The fourth-order valence-electron chi connectivity index (χ4n) is 5.45. The van der Waals surface area contributed by atoms with Crippen molar-refractivity contribution in [2.45, 2.75) is 57.1 Å². The van der Waals surface area contributed by atoms with Crippen LogP contribution in [0.25, 0.3) is 0 Å². The predicted molar refractivity (Wildman–Crippen MR) is 111 cm³/mol. The minimum atomic E-state index is -0.889. The van der Waals surface area contributed by atoms with Crippen LogP contribution in [0, 0.1) is 5.92 Å². The van der Waals surface area contributed by atoms with Crippen LogP contribution in [-0.4, -0.2) is 45.4 Å². The third-order valence-corrected chi connectivity index (χ3v) is 6.99. The van der Waals surface area contributed by atoms with Gasteiger partial charge in [-0.15, -0.1) is 0 Å². The van der Waals surface area contributed by atoms with Gasteiger partial charge in [0.05, 0.1) is 17.8 Å². The summed E-state index contributed by atoms with van der Waals surface area (Å²) in [6.45, 7) is 5.59. The number of carbonyl (C=O) groups is 1. The smallest absolute Gasteiger partial charge is 0.336 e. The summed E-state index contributed by atoms with van der Waals surface area (Å²) < 4.78 is 12.9. The first-order chi connectivity index (χ1) is 14.3. The Morgan fingerprint density at radius 2 is 2.00 bits per heavy atom. The van der Waals surface area contributed by atoms with Gasteiger partial charge in [0.1, 0.15) is 5.60 Å². The van der Waals surface area contributed by atoms with Crippen molar-refractivity contribution in [3.63, 3.8) is 0 Å². The lowest BCUT2D eigenvalue weighted by Gasteiger charge is -2.50. The van der Waals surface area contributed by atoms with E-state index in [9.17, 15) is 15.0 Å². The van der Waals surface area contributed by atoms with Crippen LogP contribution >= 0.6 is 0 Å². The number of likely N-dealkylation sites (tertiary alicyclic amines) is 1. The first-order valence-corrected chi connectivity index (χ1v) is 10.6. The second kappa shape index (κ2) is 7.00. The van der Waals surface area contributed by atoms with E-state index < -0.39 is 11.6 Å². The molecule has 0 unspecified atom stereocenters. The number of rotatable bonds is 3. The molecule has 0 bridgehead atoms. The summed E-state index contributed by atoms with van der Waals surface area (Å²) in [5, 5.41) is 19.8. The standard InChI is InChI=1S/C24H27NO5/c1-24(2)17-12-18-20(29-21(17)16-8-5-9-19(26)22(16)30-24)10-11-25(18)13-14-6-3-4-7-15(14)23(27)28/h3-9,17-18,20-21,26H,10-13H2,1-2H3,(H,27,28)/t17-,18-,20-,21+/m1/s1. The number of phenolic OH excluding ortho intramolecular Hbond substituents is 1. The van der Waals surface area contributed by atoms with Gasteiger partial charge in [0.15, 0.2) is 11.5 Å². The minimum absolute atomic E-state index is 0.0901. The average Bonchev–Trinajstić information content (AvgIpc) is 3.10. The van der Waals surface area contributed by atoms with Crippen molar-refractivity contribution in [1.82, 2.24) is 4.90 Å². The molecular formula is C24H27NO5. The maximum atomic E-state index is 11.6. The van der Waals surface area contributed by atoms with E-state index in [0.717, 1.165) is 30.5 Å². The van der Waals surface area contributed by atoms with E-state index in [2.05, 4.69) is 18.7 Å². The van der Waals surface area contributed by atoms with E-state index in [1.807, 2.05) is 24.3 Å². The highest BCUT2D eigenvalue weighted by Crippen LogP contribution is 2.54. The number of carboxylic acid groups (broad SMARTS) is 1. The number of fused-ring (bicyclic) bond motifs is 4. The summed E-state index contributed by atoms with van der Waals surface area (Å²) in [7, 11) is 0. The van der Waals surface area contributed by atoms with E-state index in [4.69, 9.17) is 9.47 Å². The summed E-state index contributed by atoms with van der Waals surface area (Å²) in [6, 6.07) is 12.9. The number of hydrogen-bond donors (Lipinski definition) is 2. The number of nitrogens with zero attached hydrogens (tertiary/aromatic N) is 1. The second-order valence-electron chi connectivity index (χ2n) is 9.13. The van der Waals surface area contributed by atoms with Crippen LogP contribution in [0.5, 0.6) is 11.5 Å². The lowest BCUT2D eigenvalue weighted by Crippen LogP contribution is -2.53. The fraction of sp³-hybridized carbons (Fsp3) is 0.458. The molecule has 2 aromatic carbocycles. The first-order valence-electron chi connectivity index (χ1n) is 10.6. The maximum absolute atomic E-state index is 11.6. The molecule has 2 fully saturated rings. The van der Waals surface area contributed by atoms with Crippen molar-refractivity contribution in [2.24, 2.45) is 5.92 Å². The lowest BCUT2D eigenvalue weighted by atomic mass is 9.74. The van der Waals surface area contributed by atoms with E-state index in [-0.39, 0.29) is 29.9 Å². The van der Waals surface area contributed by atoms with Crippen LogP contribution in [-0.2, 0) is 11.3 Å². The van der Waals surface area contributed by atoms with Crippen molar-refractivity contribution < 1.29 is 24.5 Å². The molecule has 3 aliphatic rings. The van der Waals surface area contributed by atoms with Crippen molar-refractivity contribution in [1.29, 1.82) is 0 Å². The summed E-state index contributed by atoms with van der Waals surface area (Å²) >= 11 is 0. The molecule has 2 aromatic rings. The zero-order chi connectivity index (χ0) is 21.0. The van der Waals surface area contributed by atoms with Crippen LogP contribution < -0.4 is 4.74 Å². The average molecular weight is 409 g/mol. The first kappa shape index (κ1) is 19.4. The zero-order valence-electron chi connectivity index (χ0n) is 17.2. The quantitative estimate of drug-likeness (QED) is 0.798. The largest absolute Gasteiger partial charge is 0.504 e. The molecular weight excluding hydrogens is 382 g/mol. The van der Waals surface area contributed by atoms with Crippen molar-refractivity contribution in [2.75, 3.05) is 6.54 Å². The number of ether oxygens (including phenoxy) is 2. The second-order valence-corrected chi connectivity index (χ2v) is 9.13. The molecule has 3 aliphatic heterocycles. The van der Waals surface area contributed by atoms with Gasteiger partial charge < -0.3 is 19.7 Å². The molecule has 5 rings (SSSR count). The summed E-state index contributed by atoms with van der Waals surface area (Å²) in [5.74, 6) is -0.0570. The number of carboxylic acids is 1. The number of hydrogen-bond acceptors (Lipinski definition) is 5. The van der Waals surface area contributed by atoms with E-state index in [1.165, 1.54) is 0 Å². The SMILES string of the molecule is CC1(C)Oc2c(O)cccc2[C@@H]2O[C@@H]3CCN(Cc4ccccc4C(=O)O)[C@@H]3C[C@H]21. The number of benzene rings is 2. The summed E-state index contributed by atoms with van der Waals surface area (Å²) in [6.07, 6.45) is 1.81. The molecule has 4 atom stereocenters. The third kappa shape index (κ3) is 3.06. The van der Waals surface area contributed by atoms with Gasteiger partial charge in [-0.05, 0) is 44.4 Å². The van der Waals surface area contributed by atoms with Gasteiger partial charge in [0.2, 0.25) is 0 Å². The number of aromatic carboxylic acids is 1. The molecule has 6 heteroatoms. The normalized spacial score (nSPS) is 29.4. The molecule has 30 heavy (non-hydrogen) atoms. The molecule has 0 aliphatic carbocycles. The molecule has 2 saturated heterocycles. The molecule has 2 N–H and O–H groups in total. The molecule has 158 valence electrons. The highest BCUT2D eigenvalue weighted by molar-refractivity contribution is 5.89. The summed E-state index contributed by atoms with van der Waals surface area (Å²) in [4.78, 5) is 14.0. The Bertz CT molecular complexity index is 987. The fourth-order valence-corrected chi connectivity index (χ4v) is 5.45. The van der Waals surface area contributed by atoms with Gasteiger partial charge >= 0.3 is 5.97 Å². The minimum Gasteiger partial charge on any atom is -0.504 e. The topological polar surface area (TPSA) is 79.2 Å². The Kier molecular flexibility index (Phi) is 4.52. The summed E-state index contributed by atoms with van der Waals surface area (Å²) in [5.41, 5.74) is 1.64. The van der Waals surface area contributed by atoms with Gasteiger partial charge in [0.25, 0.3) is 0 Å². The zero-order valence-corrected chi connectivity index (χ0v) is 17.2. The van der Waals surface area contributed by atoms with Crippen molar-refractivity contribution in [3.05, 3.63) is 59.2 Å². The molecule has 6 nitrogen and oxygen atoms in total. The van der Waals surface area contributed by atoms with Gasteiger partial charge in [-0.1, -0.05) is 30.3 Å². The molecule has 0 radical (unpaired) electrons. The van der Waals surface area contributed by atoms with Gasteiger partial charge in [0, 0.05) is 30.6 Å². The van der Waals surface area contributed by atoms with Crippen LogP contribution in [0.2, 0.25) is 0 Å². The monoisotopic (exact) mass is 409 g/mol. The Labute approximate surface area is 176 Å². The van der Waals surface area contributed by atoms with Gasteiger partial charge in [-0.2, -0.15) is 0 Å². The Balaban J connectivity index is 1.43. The highest BCUT2D eigenvalue weighted by atomic mass is 16.5. The molecule has 0 aromatic heterocycles. The van der Waals surface area contributed by atoms with Crippen LogP contribution in [0.15, 0.2) is 42.5 Å². The van der Waals surface area contributed by atoms with Gasteiger partial charge in [-0.25, -0.2) is 4.79 Å². The maximum Gasteiger partial charge on any atom is 0.336 e. The van der Waals surface area contributed by atoms with E-state index in [0.29, 0.717) is 17.9 Å². The molecule has 0 saturated carbocycles. The number of para-hydroxylation sites is 1.